The van der Waals surface area contributed by atoms with Crippen molar-refractivity contribution in [3.8, 4) is 0 Å². The lowest BCUT2D eigenvalue weighted by atomic mass is 9.95. The summed E-state index contributed by atoms with van der Waals surface area (Å²) in [4.78, 5) is 11.1. The van der Waals surface area contributed by atoms with Gasteiger partial charge in [0.25, 0.3) is 0 Å². The molecule has 0 aliphatic rings. The summed E-state index contributed by atoms with van der Waals surface area (Å²) >= 11 is 0. The molecule has 0 radical (unpaired) electrons. The van der Waals surface area contributed by atoms with Gasteiger partial charge in [-0.1, -0.05) is 24.3 Å². The molecule has 0 heterocycles. The van der Waals surface area contributed by atoms with E-state index in [0.29, 0.717) is 12.1 Å². The Morgan fingerprint density at radius 2 is 1.92 bits per heavy atom. The summed E-state index contributed by atoms with van der Waals surface area (Å²) in [5.74, 6) is -0.447. The SMILES string of the molecule is CC(=O)Nc1cccc(C(C)NCC(C)(O)c2ccc(F)cc2)c1. The molecule has 3 N–H and O–H groups in total. The van der Waals surface area contributed by atoms with E-state index in [1.54, 1.807) is 19.1 Å². The molecule has 0 aliphatic heterocycles. The largest absolute Gasteiger partial charge is 0.384 e. The summed E-state index contributed by atoms with van der Waals surface area (Å²) < 4.78 is 13.0. The number of carbonyl (C=O) groups is 1. The third-order valence-electron chi connectivity index (χ3n) is 3.93. The predicted molar refractivity (Wildman–Crippen MR) is 93.1 cm³/mol. The molecule has 2 aromatic rings. The van der Waals surface area contributed by atoms with Crippen molar-refractivity contribution in [2.45, 2.75) is 32.4 Å². The van der Waals surface area contributed by atoms with Crippen molar-refractivity contribution in [2.75, 3.05) is 11.9 Å². The van der Waals surface area contributed by atoms with Gasteiger partial charge in [0, 0.05) is 25.2 Å². The molecule has 0 saturated heterocycles. The van der Waals surface area contributed by atoms with Crippen LogP contribution in [0.1, 0.15) is 37.9 Å². The standard InChI is InChI=1S/C19H23FN2O2/c1-13(15-5-4-6-18(11-15)22-14(2)23)21-12-19(3,24)16-7-9-17(20)10-8-16/h4-11,13,21,24H,12H2,1-3H3,(H,22,23). The Morgan fingerprint density at radius 3 is 2.54 bits per heavy atom. The lowest BCUT2D eigenvalue weighted by Crippen LogP contribution is -2.36. The van der Waals surface area contributed by atoms with Gasteiger partial charge >= 0.3 is 0 Å². The molecular weight excluding hydrogens is 307 g/mol. The molecule has 2 atom stereocenters. The van der Waals surface area contributed by atoms with Crippen molar-refractivity contribution < 1.29 is 14.3 Å². The molecule has 0 spiro atoms. The fourth-order valence-electron chi connectivity index (χ4n) is 2.47. The number of hydrogen-bond donors (Lipinski definition) is 3. The van der Waals surface area contributed by atoms with E-state index >= 15 is 0 Å². The van der Waals surface area contributed by atoms with Crippen LogP contribution in [0, 0.1) is 5.82 Å². The van der Waals surface area contributed by atoms with E-state index in [1.807, 2.05) is 31.2 Å². The van der Waals surface area contributed by atoms with E-state index in [9.17, 15) is 14.3 Å². The number of carbonyl (C=O) groups excluding carboxylic acids is 1. The lowest BCUT2D eigenvalue weighted by molar-refractivity contribution is -0.114. The quantitative estimate of drug-likeness (QED) is 0.761. The maximum Gasteiger partial charge on any atom is 0.221 e. The Balaban J connectivity index is 2.02. The Labute approximate surface area is 141 Å². The molecule has 2 aromatic carbocycles. The van der Waals surface area contributed by atoms with Gasteiger partial charge in [-0.25, -0.2) is 4.39 Å². The van der Waals surface area contributed by atoms with Crippen LogP contribution in [0.2, 0.25) is 0 Å². The number of aliphatic hydroxyl groups is 1. The molecule has 2 unspecified atom stereocenters. The van der Waals surface area contributed by atoms with Gasteiger partial charge in [-0.2, -0.15) is 0 Å². The maximum absolute atomic E-state index is 13.0. The van der Waals surface area contributed by atoms with Crippen molar-refractivity contribution in [2.24, 2.45) is 0 Å². The molecule has 0 aliphatic carbocycles. The second-order valence-electron chi connectivity index (χ2n) is 6.19. The van der Waals surface area contributed by atoms with Gasteiger partial charge < -0.3 is 15.7 Å². The van der Waals surface area contributed by atoms with Crippen LogP contribution < -0.4 is 10.6 Å². The smallest absolute Gasteiger partial charge is 0.221 e. The van der Waals surface area contributed by atoms with Crippen LogP contribution in [0.25, 0.3) is 0 Å². The van der Waals surface area contributed by atoms with Crippen molar-refractivity contribution >= 4 is 11.6 Å². The van der Waals surface area contributed by atoms with Crippen molar-refractivity contribution in [3.05, 3.63) is 65.5 Å². The molecule has 0 saturated carbocycles. The van der Waals surface area contributed by atoms with Gasteiger partial charge in [-0.15, -0.1) is 0 Å². The number of halogens is 1. The molecule has 128 valence electrons. The summed E-state index contributed by atoms with van der Waals surface area (Å²) in [6, 6.07) is 13.4. The highest BCUT2D eigenvalue weighted by Gasteiger charge is 2.23. The van der Waals surface area contributed by atoms with Crippen LogP contribution in [0.4, 0.5) is 10.1 Å². The summed E-state index contributed by atoms with van der Waals surface area (Å²) in [6.45, 7) is 5.44. The third kappa shape index (κ3) is 4.88. The fraction of sp³-hybridized carbons (Fsp3) is 0.316. The normalized spacial score (nSPS) is 14.7. The molecule has 4 nitrogen and oxygen atoms in total. The number of anilines is 1. The Hall–Kier alpha value is -2.24. The first-order valence-electron chi connectivity index (χ1n) is 7.87. The topological polar surface area (TPSA) is 61.4 Å². The minimum Gasteiger partial charge on any atom is -0.384 e. The zero-order valence-electron chi connectivity index (χ0n) is 14.1. The van der Waals surface area contributed by atoms with E-state index in [2.05, 4.69) is 10.6 Å². The average molecular weight is 330 g/mol. The predicted octanol–water partition coefficient (Wildman–Crippen LogP) is 3.34. The van der Waals surface area contributed by atoms with E-state index in [4.69, 9.17) is 0 Å². The molecule has 2 rings (SSSR count). The first-order chi connectivity index (χ1) is 11.3. The maximum atomic E-state index is 13.0. The molecule has 0 aromatic heterocycles. The van der Waals surface area contributed by atoms with Crippen LogP contribution >= 0.6 is 0 Å². The Morgan fingerprint density at radius 1 is 1.25 bits per heavy atom. The number of rotatable bonds is 6. The van der Waals surface area contributed by atoms with Gasteiger partial charge in [0.05, 0.1) is 5.60 Å². The Bertz CT molecular complexity index is 699. The number of hydrogen-bond acceptors (Lipinski definition) is 3. The van der Waals surface area contributed by atoms with E-state index in [1.165, 1.54) is 19.1 Å². The minimum atomic E-state index is -1.11. The summed E-state index contributed by atoms with van der Waals surface area (Å²) in [5.41, 5.74) is 1.27. The van der Waals surface area contributed by atoms with Crippen LogP contribution in [-0.2, 0) is 10.4 Å². The Kier molecular flexibility index (Phi) is 5.70. The number of nitrogens with one attached hydrogen (secondary N) is 2. The molecule has 1 amide bonds. The molecule has 24 heavy (non-hydrogen) atoms. The first-order valence-corrected chi connectivity index (χ1v) is 7.87. The second kappa shape index (κ2) is 7.55. The summed E-state index contributed by atoms with van der Waals surface area (Å²) in [6.07, 6.45) is 0. The number of benzene rings is 2. The highest BCUT2D eigenvalue weighted by Crippen LogP contribution is 2.22. The van der Waals surface area contributed by atoms with Gasteiger partial charge in [-0.05, 0) is 49.2 Å². The van der Waals surface area contributed by atoms with Gasteiger partial charge in [0.15, 0.2) is 0 Å². The van der Waals surface area contributed by atoms with E-state index in [-0.39, 0.29) is 17.8 Å². The van der Waals surface area contributed by atoms with Crippen molar-refractivity contribution in [1.82, 2.24) is 5.32 Å². The van der Waals surface area contributed by atoms with Gasteiger partial charge in [0.2, 0.25) is 5.91 Å². The zero-order chi connectivity index (χ0) is 17.7. The summed E-state index contributed by atoms with van der Waals surface area (Å²) in [7, 11) is 0. The average Bonchev–Trinajstić information content (AvgIpc) is 2.53. The van der Waals surface area contributed by atoms with Gasteiger partial charge in [0.1, 0.15) is 5.82 Å². The lowest BCUT2D eigenvalue weighted by Gasteiger charge is -2.27. The van der Waals surface area contributed by atoms with Crippen LogP contribution in [0.3, 0.4) is 0 Å². The van der Waals surface area contributed by atoms with E-state index in [0.717, 1.165) is 11.3 Å². The molecule has 0 fully saturated rings. The van der Waals surface area contributed by atoms with Crippen molar-refractivity contribution in [1.29, 1.82) is 0 Å². The van der Waals surface area contributed by atoms with Gasteiger partial charge in [-0.3, -0.25) is 4.79 Å². The fourth-order valence-corrected chi connectivity index (χ4v) is 2.47. The van der Waals surface area contributed by atoms with Crippen molar-refractivity contribution in [3.63, 3.8) is 0 Å². The summed E-state index contributed by atoms with van der Waals surface area (Å²) in [5, 5.41) is 16.6. The minimum absolute atomic E-state index is 0.0226. The van der Waals surface area contributed by atoms with Crippen LogP contribution in [0.5, 0.6) is 0 Å². The highest BCUT2D eigenvalue weighted by molar-refractivity contribution is 5.88. The monoisotopic (exact) mass is 330 g/mol. The van der Waals surface area contributed by atoms with Crippen LogP contribution in [-0.4, -0.2) is 17.6 Å². The molecule has 5 heteroatoms. The molecular formula is C19H23FN2O2. The molecule has 0 bridgehead atoms. The van der Waals surface area contributed by atoms with Crippen LogP contribution in [0.15, 0.2) is 48.5 Å². The van der Waals surface area contributed by atoms with E-state index < -0.39 is 5.60 Å². The first kappa shape index (κ1) is 18.1. The number of amides is 1. The second-order valence-corrected chi connectivity index (χ2v) is 6.19. The third-order valence-corrected chi connectivity index (χ3v) is 3.93. The highest BCUT2D eigenvalue weighted by atomic mass is 19.1. The zero-order valence-corrected chi connectivity index (χ0v) is 14.1.